The summed E-state index contributed by atoms with van der Waals surface area (Å²) in [5.41, 5.74) is 0.150. The van der Waals surface area contributed by atoms with Crippen LogP contribution in [0, 0.1) is 5.41 Å². The molecule has 0 radical (unpaired) electrons. The average Bonchev–Trinajstić information content (AvgIpc) is 3.68. The second-order valence-corrected chi connectivity index (χ2v) is 16.9. The number of hydrogen-bond donors (Lipinski definition) is 0. The molecule has 1 heterocycles. The summed E-state index contributed by atoms with van der Waals surface area (Å²) >= 11 is 0. The highest BCUT2D eigenvalue weighted by molar-refractivity contribution is 8.96. The van der Waals surface area contributed by atoms with Gasteiger partial charge < -0.3 is 0 Å². The predicted molar refractivity (Wildman–Crippen MR) is 155 cm³/mol. The molecule has 0 atom stereocenters. The van der Waals surface area contributed by atoms with Gasteiger partial charge in [0.2, 0.25) is 0 Å². The van der Waals surface area contributed by atoms with Crippen molar-refractivity contribution in [1.82, 2.24) is 0 Å². The van der Waals surface area contributed by atoms with Crippen LogP contribution in [-0.4, -0.2) is 9.98 Å². The van der Waals surface area contributed by atoms with E-state index in [4.69, 9.17) is 0 Å². The summed E-state index contributed by atoms with van der Waals surface area (Å²) in [5, 5.41) is 5.91. The van der Waals surface area contributed by atoms with E-state index in [1.165, 1.54) is 27.4 Å². The summed E-state index contributed by atoms with van der Waals surface area (Å²) in [6, 6.07) is 44.8. The van der Waals surface area contributed by atoms with Crippen LogP contribution in [0.2, 0.25) is 0 Å². The summed E-state index contributed by atoms with van der Waals surface area (Å²) in [6.07, 6.45) is 1.18. The lowest BCUT2D eigenvalue weighted by atomic mass is 9.99. The van der Waals surface area contributed by atoms with Crippen molar-refractivity contribution in [2.45, 2.75) is 17.7 Å². The van der Waals surface area contributed by atoms with E-state index < -0.39 is 15.8 Å². The minimum absolute atomic E-state index is 0.150. The van der Waals surface area contributed by atoms with Crippen LogP contribution in [0.4, 0.5) is 0 Å². The molecule has 0 nitrogen and oxygen atoms in total. The highest BCUT2D eigenvalue weighted by Gasteiger charge is 2.63. The van der Waals surface area contributed by atoms with E-state index in [2.05, 4.69) is 157 Å². The lowest BCUT2D eigenvalue weighted by molar-refractivity contribution is 0.453. The quantitative estimate of drug-likeness (QED) is 0.141. The normalized spacial score (nSPS) is 15.0. The second kappa shape index (κ2) is 9.97. The molecule has 0 saturated carbocycles. The Kier molecular flexibility index (Phi) is 7.01. The maximum absolute atomic E-state index is 2.52. The standard InChI is InChI=1S/C29H28P2S2/c1-28(2,23-30(24-15-7-3-8-16-24)25-17-9-4-10-18-25)29(32-33-29)31(26-19-11-5-12-20-26)27-21-13-6-14-22-27/h3-22H,23H2,1-2H3. The van der Waals surface area contributed by atoms with E-state index in [-0.39, 0.29) is 9.24 Å². The maximum Gasteiger partial charge on any atom is 0.114 e. The lowest BCUT2D eigenvalue weighted by Crippen LogP contribution is -2.38. The molecule has 0 bridgehead atoms. The molecule has 0 spiro atoms. The Morgan fingerprint density at radius 1 is 0.545 bits per heavy atom. The summed E-state index contributed by atoms with van der Waals surface area (Å²) in [5.74, 6) is 0. The van der Waals surface area contributed by atoms with E-state index >= 15 is 0 Å². The first-order valence-electron chi connectivity index (χ1n) is 11.3. The van der Waals surface area contributed by atoms with Crippen molar-refractivity contribution >= 4 is 58.6 Å². The lowest BCUT2D eigenvalue weighted by Gasteiger charge is -2.40. The van der Waals surface area contributed by atoms with Crippen molar-refractivity contribution < 1.29 is 0 Å². The fourth-order valence-corrected chi connectivity index (χ4v) is 15.8. The predicted octanol–water partition coefficient (Wildman–Crippen LogP) is 7.33. The fraction of sp³-hybridized carbons (Fsp3) is 0.172. The highest BCUT2D eigenvalue weighted by atomic mass is 33.2. The van der Waals surface area contributed by atoms with Crippen LogP contribution in [0.3, 0.4) is 0 Å². The molecule has 1 aliphatic heterocycles. The Morgan fingerprint density at radius 3 is 1.21 bits per heavy atom. The molecular weight excluding hydrogens is 474 g/mol. The van der Waals surface area contributed by atoms with E-state index in [9.17, 15) is 0 Å². The highest BCUT2D eigenvalue weighted by Crippen LogP contribution is 2.85. The second-order valence-electron chi connectivity index (χ2n) is 8.90. The molecule has 0 aromatic heterocycles. The van der Waals surface area contributed by atoms with Gasteiger partial charge in [0, 0.05) is 0 Å². The molecule has 0 N–H and O–H groups in total. The van der Waals surface area contributed by atoms with E-state index in [0.29, 0.717) is 0 Å². The molecule has 0 aliphatic carbocycles. The van der Waals surface area contributed by atoms with E-state index in [1.54, 1.807) is 0 Å². The average molecular weight is 503 g/mol. The Balaban J connectivity index is 1.56. The minimum atomic E-state index is -0.503. The Bertz CT molecular complexity index is 1080. The topological polar surface area (TPSA) is 0 Å². The largest absolute Gasteiger partial charge is 0.114 e. The van der Waals surface area contributed by atoms with E-state index in [1.807, 2.05) is 0 Å². The van der Waals surface area contributed by atoms with Crippen molar-refractivity contribution in [3.8, 4) is 0 Å². The van der Waals surface area contributed by atoms with Gasteiger partial charge in [0.1, 0.15) is 3.82 Å². The van der Waals surface area contributed by atoms with Crippen LogP contribution in [0.1, 0.15) is 13.8 Å². The first-order chi connectivity index (χ1) is 16.1. The van der Waals surface area contributed by atoms with Crippen LogP contribution in [0.25, 0.3) is 0 Å². The van der Waals surface area contributed by atoms with Gasteiger partial charge in [-0.2, -0.15) is 0 Å². The number of rotatable bonds is 8. The van der Waals surface area contributed by atoms with Gasteiger partial charge in [-0.25, -0.2) is 0 Å². The molecule has 0 amide bonds. The van der Waals surface area contributed by atoms with Crippen LogP contribution in [0.5, 0.6) is 0 Å². The molecular formula is C29H28P2S2. The first kappa shape index (κ1) is 23.2. The molecule has 4 heteroatoms. The van der Waals surface area contributed by atoms with Crippen LogP contribution in [-0.2, 0) is 0 Å². The Labute approximate surface area is 208 Å². The van der Waals surface area contributed by atoms with Crippen molar-refractivity contribution in [3.05, 3.63) is 121 Å². The zero-order valence-corrected chi connectivity index (χ0v) is 22.4. The zero-order chi connectivity index (χ0) is 22.7. The van der Waals surface area contributed by atoms with Gasteiger partial charge in [0.05, 0.1) is 0 Å². The van der Waals surface area contributed by atoms with Crippen LogP contribution in [0.15, 0.2) is 121 Å². The summed E-state index contributed by atoms with van der Waals surface area (Å²) in [4.78, 5) is 0. The molecule has 166 valence electrons. The minimum Gasteiger partial charge on any atom is -0.0675 e. The molecule has 4 aromatic rings. The molecule has 1 fully saturated rings. The van der Waals surface area contributed by atoms with Gasteiger partial charge >= 0.3 is 0 Å². The molecule has 33 heavy (non-hydrogen) atoms. The zero-order valence-electron chi connectivity index (χ0n) is 19.0. The molecule has 0 unspecified atom stereocenters. The summed E-state index contributed by atoms with van der Waals surface area (Å²) in [6.45, 7) is 5.03. The van der Waals surface area contributed by atoms with Crippen molar-refractivity contribution in [2.24, 2.45) is 5.41 Å². The molecule has 4 aromatic carbocycles. The number of benzene rings is 4. The Hall–Kier alpha value is -1.56. The fourth-order valence-electron chi connectivity index (χ4n) is 4.33. The van der Waals surface area contributed by atoms with Gasteiger partial charge in [0.15, 0.2) is 0 Å². The van der Waals surface area contributed by atoms with Crippen molar-refractivity contribution in [3.63, 3.8) is 0 Å². The van der Waals surface area contributed by atoms with Crippen LogP contribution >= 0.6 is 37.4 Å². The molecule has 1 saturated heterocycles. The third kappa shape index (κ3) is 4.82. The van der Waals surface area contributed by atoms with Crippen LogP contribution < -0.4 is 21.2 Å². The third-order valence-electron chi connectivity index (χ3n) is 6.11. The van der Waals surface area contributed by atoms with Gasteiger partial charge in [-0.3, -0.25) is 0 Å². The smallest absolute Gasteiger partial charge is 0.0675 e. The van der Waals surface area contributed by atoms with Gasteiger partial charge in [-0.15, -0.1) is 0 Å². The SMILES string of the molecule is CC(C)(CP(c1ccccc1)c1ccccc1)C1(P(c2ccccc2)c2ccccc2)SS1. The molecule has 5 rings (SSSR count). The third-order valence-corrected chi connectivity index (χ3v) is 17.4. The van der Waals surface area contributed by atoms with Crippen molar-refractivity contribution in [2.75, 3.05) is 6.16 Å². The number of hydrogen-bond acceptors (Lipinski definition) is 2. The molecule has 1 aliphatic rings. The Morgan fingerprint density at radius 2 is 0.879 bits per heavy atom. The van der Waals surface area contributed by atoms with E-state index in [0.717, 1.165) is 0 Å². The van der Waals surface area contributed by atoms with Crippen molar-refractivity contribution in [1.29, 1.82) is 0 Å². The monoisotopic (exact) mass is 502 g/mol. The summed E-state index contributed by atoms with van der Waals surface area (Å²) in [7, 11) is 3.27. The summed E-state index contributed by atoms with van der Waals surface area (Å²) < 4.78 is 0.176. The first-order valence-corrected chi connectivity index (χ1v) is 16.3. The maximum atomic E-state index is 2.52. The van der Waals surface area contributed by atoms with Gasteiger partial charge in [-0.05, 0) is 48.6 Å². The van der Waals surface area contributed by atoms with Gasteiger partial charge in [-0.1, -0.05) is 157 Å². The van der Waals surface area contributed by atoms with Gasteiger partial charge in [0.25, 0.3) is 0 Å².